The minimum Gasteiger partial charge on any atom is -0.490 e. The molecule has 0 saturated heterocycles. The van der Waals surface area contributed by atoms with Gasteiger partial charge in [0.25, 0.3) is 5.91 Å². The third-order valence-corrected chi connectivity index (χ3v) is 14.1. The smallest absolute Gasteiger partial charge is 0.267 e. The van der Waals surface area contributed by atoms with Crippen LogP contribution in [0.5, 0.6) is 5.75 Å². The quantitative estimate of drug-likeness (QED) is 0.401. The summed E-state index contributed by atoms with van der Waals surface area (Å²) in [4.78, 5) is 16.2. The van der Waals surface area contributed by atoms with Gasteiger partial charge in [0.15, 0.2) is 0 Å². The average Bonchev–Trinajstić information content (AvgIpc) is 3.18. The van der Waals surface area contributed by atoms with Crippen LogP contribution in [0.15, 0.2) is 48.6 Å². The molecule has 4 aliphatic rings. The first kappa shape index (κ1) is 33.3. The third kappa shape index (κ3) is 5.75. The van der Waals surface area contributed by atoms with Gasteiger partial charge in [-0.15, -0.1) is 0 Å². The second kappa shape index (κ2) is 12.8. The van der Waals surface area contributed by atoms with Gasteiger partial charge in [-0.25, -0.2) is 12.7 Å². The lowest BCUT2D eigenvalue weighted by atomic mass is 9.63. The fourth-order valence-electron chi connectivity index (χ4n) is 8.36. The first-order valence-electron chi connectivity index (χ1n) is 16.6. The number of carbonyl (C=O) groups is 1. The molecule has 6 rings (SSSR count). The lowest BCUT2D eigenvalue weighted by Gasteiger charge is -2.50. The number of rotatable bonds is 3. The van der Waals surface area contributed by atoms with Crippen LogP contribution >= 0.6 is 11.6 Å². The van der Waals surface area contributed by atoms with Crippen molar-refractivity contribution in [1.29, 1.82) is 0 Å². The van der Waals surface area contributed by atoms with Gasteiger partial charge in [-0.1, -0.05) is 36.7 Å². The van der Waals surface area contributed by atoms with E-state index in [1.54, 1.807) is 20.1 Å². The molecule has 1 amide bonds. The van der Waals surface area contributed by atoms with Gasteiger partial charge in [-0.2, -0.15) is 0 Å². The molecule has 2 aliphatic carbocycles. The second-order valence-corrected chi connectivity index (χ2v) is 16.8. The molecular weight excluding hydrogens is 624 g/mol. The zero-order valence-electron chi connectivity index (χ0n) is 27.4. The standard InChI is InChI=1S/C36H47ClN2O6S/c1-24-7-5-16-36(44-4,17-18-40)31-12-9-28(31)21-39-22-35(15-6-8-26-19-29(37)11-13-30(26)35)23-45-33-14-10-27(20-32(33)39)34(41)38(3)46(42,43)25(24)2/h5,10-11,13-14,16,19-20,24-25,28,31,40H,6-9,12,15,17-18,21-23H2,1-4H3/b16-5-/t24-,25+,28-,31+,35-,36+/m0/s1. The molecule has 2 aliphatic heterocycles. The number of fused-ring (bicyclic) bond motifs is 4. The van der Waals surface area contributed by atoms with Crippen LogP contribution in [0.2, 0.25) is 5.02 Å². The number of carbonyl (C=O) groups excluding carboxylic acids is 1. The van der Waals surface area contributed by atoms with Crippen LogP contribution in [0.25, 0.3) is 0 Å². The fourth-order valence-corrected chi connectivity index (χ4v) is 10.1. The van der Waals surface area contributed by atoms with Crippen molar-refractivity contribution in [1.82, 2.24) is 4.31 Å². The highest BCUT2D eigenvalue weighted by molar-refractivity contribution is 7.90. The summed E-state index contributed by atoms with van der Waals surface area (Å²) < 4.78 is 41.2. The normalized spacial score (nSPS) is 33.3. The maximum Gasteiger partial charge on any atom is 0.267 e. The fraction of sp³-hybridized carbons (Fsp3) is 0.583. The zero-order chi connectivity index (χ0) is 32.9. The molecule has 2 bridgehead atoms. The van der Waals surface area contributed by atoms with E-state index < -0.39 is 26.8 Å². The zero-order valence-corrected chi connectivity index (χ0v) is 28.9. The summed E-state index contributed by atoms with van der Waals surface area (Å²) in [6, 6.07) is 11.5. The molecule has 2 aromatic carbocycles. The van der Waals surface area contributed by atoms with E-state index in [9.17, 15) is 18.3 Å². The Morgan fingerprint density at radius 2 is 1.96 bits per heavy atom. The van der Waals surface area contributed by atoms with Crippen LogP contribution in [-0.2, 0) is 26.6 Å². The highest BCUT2D eigenvalue weighted by Crippen LogP contribution is 2.50. The summed E-state index contributed by atoms with van der Waals surface area (Å²) >= 11 is 6.44. The van der Waals surface area contributed by atoms with Gasteiger partial charge < -0.3 is 19.5 Å². The lowest BCUT2D eigenvalue weighted by Crippen LogP contribution is -2.53. The van der Waals surface area contributed by atoms with Crippen LogP contribution < -0.4 is 9.64 Å². The number of sulfonamides is 1. The van der Waals surface area contributed by atoms with Crippen molar-refractivity contribution < 1.29 is 27.8 Å². The Morgan fingerprint density at radius 1 is 1.15 bits per heavy atom. The third-order valence-electron chi connectivity index (χ3n) is 11.5. The topological polar surface area (TPSA) is 96.4 Å². The van der Waals surface area contributed by atoms with Gasteiger partial charge >= 0.3 is 0 Å². The molecular formula is C36H47ClN2O6S. The van der Waals surface area contributed by atoms with Crippen molar-refractivity contribution in [2.45, 2.75) is 75.1 Å². The maximum absolute atomic E-state index is 13.8. The number of anilines is 1. The number of allylic oxidation sites excluding steroid dienone is 1. The van der Waals surface area contributed by atoms with E-state index in [2.05, 4.69) is 23.1 Å². The summed E-state index contributed by atoms with van der Waals surface area (Å²) in [7, 11) is -0.876. The van der Waals surface area contributed by atoms with Crippen LogP contribution in [0.3, 0.4) is 0 Å². The molecule has 2 aromatic rings. The van der Waals surface area contributed by atoms with E-state index in [0.717, 1.165) is 53.7 Å². The maximum atomic E-state index is 13.8. The predicted molar refractivity (Wildman–Crippen MR) is 181 cm³/mol. The van der Waals surface area contributed by atoms with Crippen molar-refractivity contribution >= 4 is 33.2 Å². The minimum absolute atomic E-state index is 0.0131. The molecule has 1 spiro atoms. The SMILES string of the molecule is CO[C@@]1(CCO)/C=C\C[C@H](C)[C@@H](C)S(=O)(=O)N(C)C(=O)c2ccc3c(c2)N(C[C@@H]2CC[C@H]21)C[C@@]1(CCCc2cc(Cl)ccc21)CO3. The molecule has 8 nitrogen and oxygen atoms in total. The van der Waals surface area contributed by atoms with Crippen molar-refractivity contribution in [3.8, 4) is 5.75 Å². The van der Waals surface area contributed by atoms with E-state index in [4.69, 9.17) is 21.1 Å². The number of aliphatic hydroxyl groups is 1. The first-order valence-corrected chi connectivity index (χ1v) is 18.5. The number of hydrogen-bond acceptors (Lipinski definition) is 7. The summed E-state index contributed by atoms with van der Waals surface area (Å²) in [5.74, 6) is 0.336. The molecule has 0 radical (unpaired) electrons. The number of nitrogens with zero attached hydrogens (tertiary/aromatic N) is 2. The number of amides is 1. The Balaban J connectivity index is 1.48. The average molecular weight is 671 g/mol. The van der Waals surface area contributed by atoms with E-state index in [0.29, 0.717) is 37.3 Å². The Kier molecular flexibility index (Phi) is 9.26. The molecule has 0 aromatic heterocycles. The number of aryl methyl sites for hydroxylation is 1. The number of aliphatic hydroxyl groups excluding tert-OH is 1. The number of halogens is 1. The minimum atomic E-state index is -3.95. The summed E-state index contributed by atoms with van der Waals surface area (Å²) in [5.41, 5.74) is 2.68. The Morgan fingerprint density at radius 3 is 2.67 bits per heavy atom. The van der Waals surface area contributed by atoms with Crippen molar-refractivity contribution in [3.05, 3.63) is 70.3 Å². The number of methoxy groups -OCH3 is 1. The number of ether oxygens (including phenoxy) is 2. The molecule has 1 fully saturated rings. The Hall–Kier alpha value is -2.59. The predicted octanol–water partition coefficient (Wildman–Crippen LogP) is 5.99. The highest BCUT2D eigenvalue weighted by Gasteiger charge is 2.49. The van der Waals surface area contributed by atoms with Gasteiger partial charge in [0.1, 0.15) is 5.75 Å². The number of hydrogen-bond donors (Lipinski definition) is 1. The van der Waals surface area contributed by atoms with Gasteiger partial charge in [0.2, 0.25) is 10.0 Å². The summed E-state index contributed by atoms with van der Waals surface area (Å²) in [5, 5.41) is 10.1. The summed E-state index contributed by atoms with van der Waals surface area (Å²) in [6.45, 7) is 5.45. The molecule has 10 heteroatoms. The first-order chi connectivity index (χ1) is 21.9. The van der Waals surface area contributed by atoms with E-state index >= 15 is 0 Å². The Bertz CT molecular complexity index is 1610. The summed E-state index contributed by atoms with van der Waals surface area (Å²) in [6.07, 6.45) is 9.98. The molecule has 250 valence electrons. The monoisotopic (exact) mass is 670 g/mol. The Labute approximate surface area is 278 Å². The van der Waals surface area contributed by atoms with Crippen molar-refractivity contribution in [2.24, 2.45) is 17.8 Å². The van der Waals surface area contributed by atoms with E-state index in [1.165, 1.54) is 18.2 Å². The lowest BCUT2D eigenvalue weighted by molar-refractivity contribution is -0.0864. The van der Waals surface area contributed by atoms with E-state index in [1.807, 2.05) is 31.2 Å². The molecule has 1 saturated carbocycles. The highest BCUT2D eigenvalue weighted by atomic mass is 35.5. The molecule has 6 atom stereocenters. The van der Waals surface area contributed by atoms with Gasteiger partial charge in [-0.05, 0) is 105 Å². The molecule has 46 heavy (non-hydrogen) atoms. The van der Waals surface area contributed by atoms with Gasteiger partial charge in [0.05, 0.1) is 23.1 Å². The van der Waals surface area contributed by atoms with Crippen LogP contribution in [0, 0.1) is 17.8 Å². The molecule has 2 heterocycles. The van der Waals surface area contributed by atoms with Gasteiger partial charge in [-0.3, -0.25) is 4.79 Å². The van der Waals surface area contributed by atoms with Crippen LogP contribution in [-0.4, -0.2) is 75.0 Å². The van der Waals surface area contributed by atoms with Crippen molar-refractivity contribution in [3.63, 3.8) is 0 Å². The van der Waals surface area contributed by atoms with Crippen LogP contribution in [0.4, 0.5) is 5.69 Å². The largest absolute Gasteiger partial charge is 0.490 e. The number of benzene rings is 2. The van der Waals surface area contributed by atoms with Crippen molar-refractivity contribution in [2.75, 3.05) is 45.4 Å². The second-order valence-electron chi connectivity index (χ2n) is 14.0. The molecule has 0 unspecified atom stereocenters. The van der Waals surface area contributed by atoms with Gasteiger partial charge in [0, 0.05) is 56.3 Å². The molecule has 1 N–H and O–H groups in total. The van der Waals surface area contributed by atoms with Crippen LogP contribution in [0.1, 0.15) is 73.9 Å². The van der Waals surface area contributed by atoms with E-state index in [-0.39, 0.29) is 29.8 Å².